The number of nitrogens with zero attached hydrogens (tertiary/aromatic N) is 2. The number of aryl methyl sites for hydroxylation is 1. The van der Waals surface area contributed by atoms with Crippen LogP contribution < -0.4 is 0 Å². The van der Waals surface area contributed by atoms with Gasteiger partial charge in [-0.15, -0.1) is 0 Å². The molecule has 4 nitrogen and oxygen atoms in total. The van der Waals surface area contributed by atoms with E-state index in [0.29, 0.717) is 13.2 Å². The van der Waals surface area contributed by atoms with Gasteiger partial charge < -0.3 is 0 Å². The van der Waals surface area contributed by atoms with Crippen molar-refractivity contribution in [3.8, 4) is 0 Å². The van der Waals surface area contributed by atoms with Gasteiger partial charge >= 0.3 is 0 Å². The molecule has 0 fully saturated rings. The van der Waals surface area contributed by atoms with Crippen molar-refractivity contribution in [2.24, 2.45) is 0 Å². The highest BCUT2D eigenvalue weighted by atomic mass is 17.2. The molecule has 1 aromatic heterocycles. The summed E-state index contributed by atoms with van der Waals surface area (Å²) in [4.78, 5) is 17.6. The molecule has 0 aliphatic heterocycles. The van der Waals surface area contributed by atoms with Crippen LogP contribution in [0.25, 0.3) is 0 Å². The third-order valence-electron chi connectivity index (χ3n) is 1.24. The number of rotatable bonds is 4. The molecule has 66 valence electrons. The molecule has 1 heterocycles. The molecule has 1 rings (SSSR count). The van der Waals surface area contributed by atoms with Gasteiger partial charge in [0.15, 0.2) is 0 Å². The van der Waals surface area contributed by atoms with E-state index in [4.69, 9.17) is 9.78 Å². The second-order valence-electron chi connectivity index (χ2n) is 2.32. The van der Waals surface area contributed by atoms with Crippen LogP contribution in [0.15, 0.2) is 12.4 Å². The monoisotopic (exact) mass is 168 g/mol. The second-order valence-corrected chi connectivity index (χ2v) is 2.32. The van der Waals surface area contributed by atoms with Gasteiger partial charge in [-0.05, 0) is 13.8 Å². The Labute approximate surface area is 71.5 Å². The van der Waals surface area contributed by atoms with E-state index in [1.807, 2.05) is 13.8 Å². The molecule has 0 bridgehead atoms. The lowest BCUT2D eigenvalue weighted by Crippen LogP contribution is -1.98. The minimum absolute atomic E-state index is 0.348. The molecule has 0 atom stereocenters. The van der Waals surface area contributed by atoms with Gasteiger partial charge in [0.2, 0.25) is 0 Å². The highest BCUT2D eigenvalue weighted by Gasteiger charge is 1.94. The van der Waals surface area contributed by atoms with E-state index in [1.54, 1.807) is 12.4 Å². The van der Waals surface area contributed by atoms with Crippen molar-refractivity contribution >= 4 is 0 Å². The SMILES string of the molecule is CCOOCc1cnc(C)cn1. The van der Waals surface area contributed by atoms with Crippen LogP contribution in [0.3, 0.4) is 0 Å². The Morgan fingerprint density at radius 1 is 1.25 bits per heavy atom. The van der Waals surface area contributed by atoms with Crippen LogP contribution in [0.4, 0.5) is 0 Å². The highest BCUT2D eigenvalue weighted by Crippen LogP contribution is 1.96. The molecule has 0 saturated heterocycles. The summed E-state index contributed by atoms with van der Waals surface area (Å²) in [5, 5.41) is 0. The van der Waals surface area contributed by atoms with Crippen LogP contribution in [-0.2, 0) is 16.4 Å². The quantitative estimate of drug-likeness (QED) is 0.385. The van der Waals surface area contributed by atoms with Crippen LogP contribution >= 0.6 is 0 Å². The van der Waals surface area contributed by atoms with Gasteiger partial charge in [0.25, 0.3) is 0 Å². The molecular weight excluding hydrogens is 156 g/mol. The molecule has 0 aromatic carbocycles. The topological polar surface area (TPSA) is 44.2 Å². The molecule has 4 heteroatoms. The van der Waals surface area contributed by atoms with Crippen molar-refractivity contribution in [1.82, 2.24) is 9.97 Å². The van der Waals surface area contributed by atoms with Crippen LogP contribution in [-0.4, -0.2) is 16.6 Å². The van der Waals surface area contributed by atoms with Gasteiger partial charge in [0.05, 0.1) is 24.2 Å². The van der Waals surface area contributed by atoms with Crippen LogP contribution in [0.5, 0.6) is 0 Å². The third-order valence-corrected chi connectivity index (χ3v) is 1.24. The number of hydrogen-bond donors (Lipinski definition) is 0. The van der Waals surface area contributed by atoms with E-state index in [9.17, 15) is 0 Å². The minimum atomic E-state index is 0.348. The van der Waals surface area contributed by atoms with E-state index < -0.39 is 0 Å². The normalized spacial score (nSPS) is 10.2. The largest absolute Gasteiger partial charge is 0.258 e. The Morgan fingerprint density at radius 2 is 2.08 bits per heavy atom. The van der Waals surface area contributed by atoms with Gasteiger partial charge in [-0.1, -0.05) is 0 Å². The summed E-state index contributed by atoms with van der Waals surface area (Å²) in [5.74, 6) is 0. The van der Waals surface area contributed by atoms with E-state index in [0.717, 1.165) is 11.4 Å². The predicted octanol–water partition coefficient (Wildman–Crippen LogP) is 1.25. The van der Waals surface area contributed by atoms with Crippen molar-refractivity contribution in [3.05, 3.63) is 23.8 Å². The van der Waals surface area contributed by atoms with E-state index in [-0.39, 0.29) is 0 Å². The van der Waals surface area contributed by atoms with Gasteiger partial charge in [-0.3, -0.25) is 9.97 Å². The Hall–Kier alpha value is -1.00. The van der Waals surface area contributed by atoms with Crippen LogP contribution in [0.1, 0.15) is 18.3 Å². The molecule has 12 heavy (non-hydrogen) atoms. The Morgan fingerprint density at radius 3 is 2.67 bits per heavy atom. The molecule has 0 radical (unpaired) electrons. The first-order valence-corrected chi connectivity index (χ1v) is 3.85. The van der Waals surface area contributed by atoms with Crippen molar-refractivity contribution < 1.29 is 9.78 Å². The molecule has 0 N–H and O–H groups in total. The molecule has 0 aliphatic carbocycles. The van der Waals surface area contributed by atoms with Crippen LogP contribution in [0.2, 0.25) is 0 Å². The first-order chi connectivity index (χ1) is 5.83. The first-order valence-electron chi connectivity index (χ1n) is 3.85. The van der Waals surface area contributed by atoms with Crippen molar-refractivity contribution in [1.29, 1.82) is 0 Å². The molecule has 0 spiro atoms. The lowest BCUT2D eigenvalue weighted by molar-refractivity contribution is -0.301. The number of aromatic nitrogens is 2. The Bertz CT molecular complexity index is 223. The maximum Gasteiger partial charge on any atom is 0.126 e. The van der Waals surface area contributed by atoms with Gasteiger partial charge in [0, 0.05) is 6.20 Å². The standard InChI is InChI=1S/C8H12N2O2/c1-3-11-12-6-8-5-9-7(2)4-10-8/h4-5H,3,6H2,1-2H3. The zero-order valence-corrected chi connectivity index (χ0v) is 7.28. The summed E-state index contributed by atoms with van der Waals surface area (Å²) in [6.45, 7) is 4.64. The third kappa shape index (κ3) is 2.94. The molecule has 0 amide bonds. The van der Waals surface area contributed by atoms with Gasteiger partial charge in [-0.25, -0.2) is 9.78 Å². The maximum atomic E-state index is 4.81. The average molecular weight is 168 g/mol. The lowest BCUT2D eigenvalue weighted by atomic mass is 10.4. The average Bonchev–Trinajstić information content (AvgIpc) is 2.09. The summed E-state index contributed by atoms with van der Waals surface area (Å²) in [6, 6.07) is 0. The second kappa shape index (κ2) is 4.79. The van der Waals surface area contributed by atoms with E-state index in [2.05, 4.69) is 9.97 Å². The van der Waals surface area contributed by atoms with Crippen molar-refractivity contribution in [2.45, 2.75) is 20.5 Å². The van der Waals surface area contributed by atoms with E-state index >= 15 is 0 Å². The zero-order valence-electron chi connectivity index (χ0n) is 7.28. The summed E-state index contributed by atoms with van der Waals surface area (Å²) >= 11 is 0. The van der Waals surface area contributed by atoms with Crippen molar-refractivity contribution in [3.63, 3.8) is 0 Å². The summed E-state index contributed by atoms with van der Waals surface area (Å²) in [6.07, 6.45) is 3.37. The highest BCUT2D eigenvalue weighted by molar-refractivity contribution is 4.98. The maximum absolute atomic E-state index is 4.81. The molecule has 0 unspecified atom stereocenters. The zero-order chi connectivity index (χ0) is 8.81. The van der Waals surface area contributed by atoms with Gasteiger partial charge in [-0.2, -0.15) is 0 Å². The van der Waals surface area contributed by atoms with Crippen LogP contribution in [0, 0.1) is 6.92 Å². The Balaban J connectivity index is 2.37. The summed E-state index contributed by atoms with van der Waals surface area (Å²) in [5.41, 5.74) is 1.67. The molecular formula is C8H12N2O2. The fourth-order valence-corrected chi connectivity index (χ4v) is 0.679. The lowest BCUT2D eigenvalue weighted by Gasteiger charge is -2.00. The smallest absolute Gasteiger partial charge is 0.126 e. The molecule has 0 aliphatic rings. The fourth-order valence-electron chi connectivity index (χ4n) is 0.679. The van der Waals surface area contributed by atoms with Crippen molar-refractivity contribution in [2.75, 3.05) is 6.61 Å². The van der Waals surface area contributed by atoms with Gasteiger partial charge in [0.1, 0.15) is 6.61 Å². The Kier molecular flexibility index (Phi) is 3.63. The molecule has 1 aromatic rings. The fraction of sp³-hybridized carbons (Fsp3) is 0.500. The summed E-state index contributed by atoms with van der Waals surface area (Å²) < 4.78 is 0. The molecule has 0 saturated carbocycles. The van der Waals surface area contributed by atoms with E-state index in [1.165, 1.54) is 0 Å². The number of hydrogen-bond acceptors (Lipinski definition) is 4. The minimum Gasteiger partial charge on any atom is -0.258 e. The summed E-state index contributed by atoms with van der Waals surface area (Å²) in [7, 11) is 0. The predicted molar refractivity (Wildman–Crippen MR) is 43.2 cm³/mol. The first kappa shape index (κ1) is 9.09.